The number of hydrogen-bond acceptors (Lipinski definition) is 5. The first-order valence-corrected chi connectivity index (χ1v) is 10.2. The lowest BCUT2D eigenvalue weighted by Crippen LogP contribution is -3.11. The maximum absolute atomic E-state index is 12.8. The number of alkyl halides is 3. The van der Waals surface area contributed by atoms with Crippen molar-refractivity contribution in [2.45, 2.75) is 12.7 Å². The Kier molecular flexibility index (Phi) is 7.83. The van der Waals surface area contributed by atoms with Crippen molar-refractivity contribution in [2.75, 3.05) is 26.3 Å². The Balaban J connectivity index is 0.000000406. The van der Waals surface area contributed by atoms with Gasteiger partial charge in [0.15, 0.2) is 5.52 Å². The monoisotopic (exact) mass is 476 g/mol. The number of aliphatic carboxylic acids is 1. The molecule has 1 aliphatic rings. The van der Waals surface area contributed by atoms with Gasteiger partial charge in [-0.15, -0.1) is 4.40 Å². The van der Waals surface area contributed by atoms with E-state index in [-0.39, 0.29) is 5.91 Å². The summed E-state index contributed by atoms with van der Waals surface area (Å²) in [5, 5.41) is 20.6. The highest BCUT2D eigenvalue weighted by Gasteiger charge is 2.32. The molecule has 1 aliphatic heterocycles. The number of pyridine rings is 1. The Labute approximate surface area is 192 Å². The molecule has 0 aliphatic carbocycles. The van der Waals surface area contributed by atoms with E-state index in [9.17, 15) is 18.0 Å². The average molecular weight is 476 g/mol. The smallest absolute Gasteiger partial charge is 0.457 e. The highest BCUT2D eigenvalue weighted by atomic mass is 19.4. The summed E-state index contributed by atoms with van der Waals surface area (Å²) in [5.41, 5.74) is 2.96. The van der Waals surface area contributed by atoms with Crippen LogP contribution < -0.4 is 19.7 Å². The van der Waals surface area contributed by atoms with Crippen LogP contribution in [0.5, 0.6) is 0 Å². The number of carbonyl (C=O) groups excluding carboxylic acids is 2. The van der Waals surface area contributed by atoms with Gasteiger partial charge >= 0.3 is 12.1 Å². The van der Waals surface area contributed by atoms with Gasteiger partial charge in [0.2, 0.25) is 5.69 Å². The van der Waals surface area contributed by atoms with Crippen LogP contribution in [0, 0.1) is 11.3 Å². The minimum atomic E-state index is -5.19. The standard InChI is InChI=1S/C20H19N5O2.C2HF3O2/c21-13-15-4-6-16(7-5-15)14-22-19(26)18-17-3-1-2-8-25(17)20(23-18)24-9-11-27-12-10-24;3-2(4,5)1(6)7/h1-8H,9-12,14H2,(H,22,26);(H,6,7)/p+1. The number of amides is 1. The average Bonchev–Trinajstić information content (AvgIpc) is 3.23. The van der Waals surface area contributed by atoms with E-state index >= 15 is 0 Å². The SMILES string of the molecule is N#Cc1ccc(CNC(=O)c2[nH]c([NH+]3CCOCC3)[n+]3ccccc23)cc1.O=C([O-])C(F)(F)F. The lowest BCUT2D eigenvalue weighted by Gasteiger charge is -2.18. The molecule has 4 rings (SSSR count). The van der Waals surface area contributed by atoms with Crippen molar-refractivity contribution in [3.8, 4) is 6.07 Å². The lowest BCUT2D eigenvalue weighted by molar-refractivity contribution is -0.889. The summed E-state index contributed by atoms with van der Waals surface area (Å²) >= 11 is 0. The molecule has 2 aromatic heterocycles. The second-order valence-corrected chi connectivity index (χ2v) is 7.30. The molecule has 1 aromatic carbocycles. The van der Waals surface area contributed by atoms with Crippen LogP contribution in [-0.4, -0.2) is 49.3 Å². The van der Waals surface area contributed by atoms with Gasteiger partial charge in [0.05, 0.1) is 24.8 Å². The number of nitrogens with one attached hydrogen (secondary N) is 3. The number of morpholine rings is 1. The first-order chi connectivity index (χ1) is 16.2. The molecule has 0 atom stereocenters. The van der Waals surface area contributed by atoms with E-state index in [4.69, 9.17) is 19.9 Å². The molecule has 0 spiro atoms. The number of carbonyl (C=O) groups is 2. The van der Waals surface area contributed by atoms with Crippen LogP contribution in [-0.2, 0) is 16.1 Å². The van der Waals surface area contributed by atoms with Crippen molar-refractivity contribution in [1.29, 1.82) is 5.26 Å². The van der Waals surface area contributed by atoms with Crippen LogP contribution in [0.4, 0.5) is 19.1 Å². The molecule has 178 valence electrons. The fourth-order valence-corrected chi connectivity index (χ4v) is 3.34. The summed E-state index contributed by atoms with van der Waals surface area (Å²) in [7, 11) is 0. The Morgan fingerprint density at radius 2 is 1.82 bits per heavy atom. The predicted molar refractivity (Wildman–Crippen MR) is 109 cm³/mol. The Morgan fingerprint density at radius 1 is 1.18 bits per heavy atom. The number of rotatable bonds is 4. The Morgan fingerprint density at radius 3 is 2.41 bits per heavy atom. The molecule has 3 heterocycles. The number of nitrogens with zero attached hydrogens (tertiary/aromatic N) is 2. The fraction of sp³-hybridized carbons (Fsp3) is 0.273. The van der Waals surface area contributed by atoms with Gasteiger partial charge in [0.25, 0.3) is 5.91 Å². The third-order valence-electron chi connectivity index (χ3n) is 5.03. The summed E-state index contributed by atoms with van der Waals surface area (Å²) in [5.74, 6) is -2.19. The summed E-state index contributed by atoms with van der Waals surface area (Å²) in [4.78, 5) is 26.2. The number of nitriles is 1. The minimum absolute atomic E-state index is 0.151. The number of H-pyrrole nitrogens is 1. The molecular weight excluding hydrogens is 455 g/mol. The third-order valence-corrected chi connectivity index (χ3v) is 5.03. The molecule has 0 unspecified atom stereocenters. The number of fused-ring (bicyclic) bond motifs is 1. The third kappa shape index (κ3) is 6.09. The Bertz CT molecular complexity index is 1200. The predicted octanol–water partition coefficient (Wildman–Crippen LogP) is -0.600. The number of benzene rings is 1. The van der Waals surface area contributed by atoms with E-state index < -0.39 is 12.1 Å². The zero-order chi connectivity index (χ0) is 24.7. The summed E-state index contributed by atoms with van der Waals surface area (Å²) in [6, 6.07) is 15.1. The molecule has 3 aromatic rings. The van der Waals surface area contributed by atoms with Gasteiger partial charge in [0.1, 0.15) is 25.3 Å². The highest BCUT2D eigenvalue weighted by molar-refractivity contribution is 5.98. The van der Waals surface area contributed by atoms with Crippen molar-refractivity contribution >= 4 is 23.3 Å². The molecule has 12 heteroatoms. The summed E-state index contributed by atoms with van der Waals surface area (Å²) in [6.07, 6.45) is -3.22. The quantitative estimate of drug-likeness (QED) is 0.434. The van der Waals surface area contributed by atoms with Crippen LogP contribution in [0.25, 0.3) is 5.52 Å². The van der Waals surface area contributed by atoms with E-state index in [0.29, 0.717) is 31.0 Å². The maximum atomic E-state index is 12.8. The number of aromatic nitrogens is 2. The van der Waals surface area contributed by atoms with Gasteiger partial charge in [-0.2, -0.15) is 23.4 Å². The number of quaternary nitrogens is 1. The molecule has 9 nitrogen and oxygen atoms in total. The fourth-order valence-electron chi connectivity index (χ4n) is 3.34. The van der Waals surface area contributed by atoms with Crippen molar-refractivity contribution in [3.05, 3.63) is 65.5 Å². The zero-order valence-corrected chi connectivity index (χ0v) is 17.8. The van der Waals surface area contributed by atoms with Gasteiger partial charge < -0.3 is 20.0 Å². The van der Waals surface area contributed by atoms with Gasteiger partial charge in [-0.3, -0.25) is 4.79 Å². The normalized spacial score (nSPS) is 14.1. The number of imidazole rings is 1. The maximum Gasteiger partial charge on any atom is 0.457 e. The van der Waals surface area contributed by atoms with E-state index in [1.54, 1.807) is 12.1 Å². The van der Waals surface area contributed by atoms with Gasteiger partial charge in [-0.25, -0.2) is 4.90 Å². The molecule has 3 N–H and O–H groups in total. The number of halogens is 3. The molecule has 0 bridgehead atoms. The van der Waals surface area contributed by atoms with Gasteiger partial charge in [-0.1, -0.05) is 18.2 Å². The molecule has 1 amide bonds. The van der Waals surface area contributed by atoms with Crippen LogP contribution in [0.15, 0.2) is 48.7 Å². The number of carboxylic acids is 1. The van der Waals surface area contributed by atoms with Crippen molar-refractivity contribution in [1.82, 2.24) is 10.3 Å². The van der Waals surface area contributed by atoms with Crippen molar-refractivity contribution in [2.24, 2.45) is 0 Å². The van der Waals surface area contributed by atoms with E-state index in [1.165, 1.54) is 4.90 Å². The lowest BCUT2D eigenvalue weighted by atomic mass is 10.1. The first kappa shape index (κ1) is 24.7. The molecule has 1 saturated heterocycles. The number of carboxylic acid groups (broad SMARTS) is 1. The molecular formula is C22H21F3N5O4+. The van der Waals surface area contributed by atoms with Crippen LogP contribution in [0.1, 0.15) is 21.6 Å². The van der Waals surface area contributed by atoms with Crippen LogP contribution in [0.2, 0.25) is 0 Å². The molecule has 34 heavy (non-hydrogen) atoms. The molecule has 0 radical (unpaired) electrons. The number of ether oxygens (including phenoxy) is 1. The Hall–Kier alpha value is -3.95. The topological polar surface area (TPSA) is 127 Å². The second-order valence-electron chi connectivity index (χ2n) is 7.30. The molecule has 1 fully saturated rings. The van der Waals surface area contributed by atoms with E-state index in [2.05, 4.69) is 16.4 Å². The largest absolute Gasteiger partial charge is 0.542 e. The zero-order valence-electron chi connectivity index (χ0n) is 17.8. The number of aromatic amines is 1. The second kappa shape index (κ2) is 10.8. The van der Waals surface area contributed by atoms with Gasteiger partial charge in [0, 0.05) is 6.54 Å². The summed E-state index contributed by atoms with van der Waals surface area (Å²) < 4.78 is 39.0. The summed E-state index contributed by atoms with van der Waals surface area (Å²) in [6.45, 7) is 3.56. The van der Waals surface area contributed by atoms with E-state index in [0.717, 1.165) is 30.1 Å². The van der Waals surface area contributed by atoms with Crippen LogP contribution >= 0.6 is 0 Å². The van der Waals surface area contributed by atoms with E-state index in [1.807, 2.05) is 40.9 Å². The van der Waals surface area contributed by atoms with Crippen molar-refractivity contribution < 1.29 is 41.9 Å². The number of hydrogen-bond donors (Lipinski definition) is 3. The van der Waals surface area contributed by atoms with Gasteiger partial charge in [-0.05, 0) is 29.8 Å². The molecule has 0 saturated carbocycles. The van der Waals surface area contributed by atoms with Crippen LogP contribution in [0.3, 0.4) is 0 Å². The van der Waals surface area contributed by atoms with Crippen molar-refractivity contribution in [3.63, 3.8) is 0 Å². The first-order valence-electron chi connectivity index (χ1n) is 10.2. The minimum Gasteiger partial charge on any atom is -0.542 e. The highest BCUT2D eigenvalue weighted by Crippen LogP contribution is 2.11.